The van der Waals surface area contributed by atoms with Gasteiger partial charge in [0.05, 0.1) is 11.4 Å². The predicted molar refractivity (Wildman–Crippen MR) is 87.2 cm³/mol. The highest BCUT2D eigenvalue weighted by Crippen LogP contribution is 2.19. The second-order valence-corrected chi connectivity index (χ2v) is 4.56. The van der Waals surface area contributed by atoms with Crippen molar-refractivity contribution in [1.82, 2.24) is 10.3 Å². The molecule has 0 radical (unpaired) electrons. The number of nitrogens with one attached hydrogen (secondary N) is 3. The Labute approximate surface area is 125 Å². The summed E-state index contributed by atoms with van der Waals surface area (Å²) in [6.07, 6.45) is 7.60. The van der Waals surface area contributed by atoms with E-state index >= 15 is 0 Å². The van der Waals surface area contributed by atoms with Gasteiger partial charge in [-0.3, -0.25) is 0 Å². The first-order chi connectivity index (χ1) is 10.3. The minimum Gasteiger partial charge on any atom is -0.490 e. The second-order valence-electron chi connectivity index (χ2n) is 4.56. The van der Waals surface area contributed by atoms with Crippen molar-refractivity contribution in [3.63, 3.8) is 0 Å². The summed E-state index contributed by atoms with van der Waals surface area (Å²) in [5.41, 5.74) is 1.98. The van der Waals surface area contributed by atoms with Gasteiger partial charge >= 0.3 is 0 Å². The number of fused-ring (bicyclic) bond motifs is 1. The molecule has 0 aromatic carbocycles. The zero-order valence-electron chi connectivity index (χ0n) is 12.4. The molecule has 1 aromatic rings. The van der Waals surface area contributed by atoms with E-state index in [-0.39, 0.29) is 0 Å². The molecule has 21 heavy (non-hydrogen) atoms. The number of pyridine rings is 1. The monoisotopic (exact) mass is 286 g/mol. The van der Waals surface area contributed by atoms with Gasteiger partial charge in [0.1, 0.15) is 18.2 Å². The van der Waals surface area contributed by atoms with Gasteiger partial charge < -0.3 is 20.7 Å². The zero-order chi connectivity index (χ0) is 14.9. The molecule has 1 saturated heterocycles. The lowest BCUT2D eigenvalue weighted by atomic mass is 10.3. The molecule has 0 spiro atoms. The van der Waals surface area contributed by atoms with Crippen LogP contribution < -0.4 is 16.0 Å². The quantitative estimate of drug-likeness (QED) is 0.740. The van der Waals surface area contributed by atoms with E-state index in [4.69, 9.17) is 4.74 Å². The molecule has 112 valence electrons. The third-order valence-corrected chi connectivity index (χ3v) is 2.98. The van der Waals surface area contributed by atoms with Crippen LogP contribution in [0.15, 0.2) is 54.6 Å². The van der Waals surface area contributed by atoms with Gasteiger partial charge in [0.2, 0.25) is 0 Å². The zero-order valence-corrected chi connectivity index (χ0v) is 12.4. The fourth-order valence-electron chi connectivity index (χ4n) is 1.94. The predicted octanol–water partition coefficient (Wildman–Crippen LogP) is 2.50. The van der Waals surface area contributed by atoms with Crippen LogP contribution in [0, 0.1) is 0 Å². The Bertz CT molecular complexity index is 512. The molecular formula is C16H22N4O. The number of aromatic nitrogens is 1. The third-order valence-electron chi connectivity index (χ3n) is 2.98. The lowest BCUT2D eigenvalue weighted by Gasteiger charge is -2.19. The molecular weight excluding hydrogens is 264 g/mol. The first-order valence-electron chi connectivity index (χ1n) is 7.13. The van der Waals surface area contributed by atoms with Gasteiger partial charge in [-0.05, 0) is 25.1 Å². The van der Waals surface area contributed by atoms with Crippen molar-refractivity contribution in [2.45, 2.75) is 6.92 Å². The van der Waals surface area contributed by atoms with Gasteiger partial charge in [-0.2, -0.15) is 0 Å². The number of nitrogens with zero attached hydrogens (tertiary/aromatic N) is 1. The average Bonchev–Trinajstić information content (AvgIpc) is 2.55. The standard InChI is InChI=1S/C9H13NO.C7H9N3/c1-3-4-5-9-8(2)10-6-7-11-9;1-2-6-7(9-3-1)10-5-4-8-6/h3-5,10H,2,6-7H2,1H3;1-3,8H,4-5H2,(H,9,10)/b4-3-,9-5+;. The number of allylic oxidation sites excluding steroid dienone is 3. The van der Waals surface area contributed by atoms with Crippen LogP contribution >= 0.6 is 0 Å². The first kappa shape index (κ1) is 15.0. The summed E-state index contributed by atoms with van der Waals surface area (Å²) in [5, 5.41) is 9.55. The number of ether oxygens (including phenoxy) is 1. The Hall–Kier alpha value is -2.43. The highest BCUT2D eigenvalue weighted by atomic mass is 16.5. The van der Waals surface area contributed by atoms with Gasteiger partial charge in [0, 0.05) is 25.8 Å². The summed E-state index contributed by atoms with van der Waals surface area (Å²) in [4.78, 5) is 4.15. The molecule has 2 aliphatic heterocycles. The number of rotatable bonds is 1. The van der Waals surface area contributed by atoms with Crippen molar-refractivity contribution in [2.75, 3.05) is 36.9 Å². The molecule has 5 heteroatoms. The van der Waals surface area contributed by atoms with Crippen LogP contribution in [0.1, 0.15) is 6.92 Å². The lowest BCUT2D eigenvalue weighted by molar-refractivity contribution is 0.197. The van der Waals surface area contributed by atoms with Crippen LogP contribution in [0.2, 0.25) is 0 Å². The molecule has 3 heterocycles. The van der Waals surface area contributed by atoms with Gasteiger partial charge in [0.15, 0.2) is 0 Å². The maximum atomic E-state index is 5.34. The van der Waals surface area contributed by atoms with Crippen LogP contribution in [0.3, 0.4) is 0 Å². The Morgan fingerprint density at radius 3 is 2.86 bits per heavy atom. The maximum Gasteiger partial charge on any atom is 0.149 e. The van der Waals surface area contributed by atoms with E-state index in [1.54, 1.807) is 6.20 Å². The summed E-state index contributed by atoms with van der Waals surface area (Å²) in [7, 11) is 0. The fourth-order valence-corrected chi connectivity index (χ4v) is 1.94. The molecule has 0 unspecified atom stereocenters. The van der Waals surface area contributed by atoms with Gasteiger partial charge in [0.25, 0.3) is 0 Å². The molecule has 0 atom stereocenters. The Balaban J connectivity index is 0.000000154. The minimum absolute atomic E-state index is 0.725. The van der Waals surface area contributed by atoms with Crippen LogP contribution in [-0.2, 0) is 4.74 Å². The van der Waals surface area contributed by atoms with Crippen LogP contribution in [0.25, 0.3) is 0 Å². The van der Waals surface area contributed by atoms with Crippen LogP contribution in [-0.4, -0.2) is 31.2 Å². The van der Waals surface area contributed by atoms with Crippen molar-refractivity contribution in [2.24, 2.45) is 0 Å². The summed E-state index contributed by atoms with van der Waals surface area (Å²) in [6.45, 7) is 9.30. The van der Waals surface area contributed by atoms with Crippen molar-refractivity contribution < 1.29 is 4.74 Å². The van der Waals surface area contributed by atoms with E-state index in [0.29, 0.717) is 0 Å². The molecule has 3 rings (SSSR count). The van der Waals surface area contributed by atoms with Gasteiger partial charge in [-0.1, -0.05) is 18.7 Å². The number of hydrogen-bond donors (Lipinski definition) is 3. The Morgan fingerprint density at radius 1 is 1.24 bits per heavy atom. The Kier molecular flexibility index (Phi) is 5.70. The molecule has 0 aliphatic carbocycles. The summed E-state index contributed by atoms with van der Waals surface area (Å²) in [5.74, 6) is 1.81. The highest BCUT2D eigenvalue weighted by Gasteiger charge is 2.07. The van der Waals surface area contributed by atoms with Gasteiger partial charge in [-0.25, -0.2) is 4.98 Å². The van der Waals surface area contributed by atoms with E-state index in [0.717, 1.165) is 49.2 Å². The van der Waals surface area contributed by atoms with Crippen molar-refractivity contribution in [3.8, 4) is 0 Å². The van der Waals surface area contributed by atoms with Crippen molar-refractivity contribution in [1.29, 1.82) is 0 Å². The average molecular weight is 286 g/mol. The third kappa shape index (κ3) is 4.56. The lowest BCUT2D eigenvalue weighted by Crippen LogP contribution is -2.26. The van der Waals surface area contributed by atoms with E-state index in [2.05, 4.69) is 27.5 Å². The molecule has 0 saturated carbocycles. The SMILES string of the molecule is C=C1NCCO/C1=C/C=C\C.c1cnc2c(c1)NCCN2. The summed E-state index contributed by atoms with van der Waals surface area (Å²) < 4.78 is 5.34. The molecule has 0 bridgehead atoms. The number of hydrogen-bond acceptors (Lipinski definition) is 5. The minimum atomic E-state index is 0.725. The van der Waals surface area contributed by atoms with Crippen molar-refractivity contribution in [3.05, 3.63) is 54.6 Å². The van der Waals surface area contributed by atoms with E-state index < -0.39 is 0 Å². The topological polar surface area (TPSA) is 58.2 Å². The number of morpholine rings is 1. The molecule has 1 aromatic heterocycles. The smallest absolute Gasteiger partial charge is 0.149 e. The molecule has 3 N–H and O–H groups in total. The van der Waals surface area contributed by atoms with Crippen molar-refractivity contribution >= 4 is 11.5 Å². The molecule has 5 nitrogen and oxygen atoms in total. The maximum absolute atomic E-state index is 5.34. The van der Waals surface area contributed by atoms with E-state index in [1.807, 2.05) is 37.3 Å². The van der Waals surface area contributed by atoms with E-state index in [1.165, 1.54) is 0 Å². The summed E-state index contributed by atoms with van der Waals surface area (Å²) >= 11 is 0. The van der Waals surface area contributed by atoms with Gasteiger partial charge in [-0.15, -0.1) is 0 Å². The second kappa shape index (κ2) is 7.99. The summed E-state index contributed by atoms with van der Waals surface area (Å²) in [6, 6.07) is 3.95. The molecule has 1 fully saturated rings. The molecule has 2 aliphatic rings. The highest BCUT2D eigenvalue weighted by molar-refractivity contribution is 5.65. The normalized spacial score (nSPS) is 18.5. The van der Waals surface area contributed by atoms with Crippen LogP contribution in [0.5, 0.6) is 0 Å². The first-order valence-corrected chi connectivity index (χ1v) is 7.13. The van der Waals surface area contributed by atoms with Crippen LogP contribution in [0.4, 0.5) is 11.5 Å². The Morgan fingerprint density at radius 2 is 2.10 bits per heavy atom. The fraction of sp³-hybridized carbons (Fsp3) is 0.312. The number of anilines is 2. The van der Waals surface area contributed by atoms with E-state index in [9.17, 15) is 0 Å². The molecule has 0 amide bonds. The largest absolute Gasteiger partial charge is 0.490 e.